The molecule has 8 nitrogen and oxygen atoms in total. The molecule has 162 valence electrons. The van der Waals surface area contributed by atoms with Crippen molar-refractivity contribution in [2.75, 3.05) is 7.11 Å². The molecule has 0 fully saturated rings. The molecule has 3 heterocycles. The molecule has 0 saturated heterocycles. The minimum atomic E-state index is -0.735. The molecule has 0 unspecified atom stereocenters. The number of benzene rings is 1. The first-order chi connectivity index (χ1) is 15.4. The van der Waals surface area contributed by atoms with E-state index >= 15 is 0 Å². The number of rotatable bonds is 4. The van der Waals surface area contributed by atoms with Crippen LogP contribution >= 0.6 is 11.3 Å². The number of hydrogen-bond donors (Lipinski definition) is 0. The van der Waals surface area contributed by atoms with Crippen molar-refractivity contribution in [2.24, 2.45) is 4.99 Å². The van der Waals surface area contributed by atoms with Gasteiger partial charge in [0.25, 0.3) is 5.56 Å². The highest BCUT2D eigenvalue weighted by Gasteiger charge is 2.33. The predicted octanol–water partition coefficient (Wildman–Crippen LogP) is 1.73. The largest absolute Gasteiger partial charge is 0.466 e. The van der Waals surface area contributed by atoms with Gasteiger partial charge in [-0.05, 0) is 42.3 Å². The average molecular weight is 449 g/mol. The number of methoxy groups -OCH3 is 1. The van der Waals surface area contributed by atoms with Gasteiger partial charge < -0.3 is 9.47 Å². The normalized spacial score (nSPS) is 15.7. The molecule has 4 rings (SSSR count). The third-order valence-corrected chi connectivity index (χ3v) is 5.85. The summed E-state index contributed by atoms with van der Waals surface area (Å²) in [7, 11) is 1.29. The minimum absolute atomic E-state index is 0.271. The van der Waals surface area contributed by atoms with E-state index in [1.165, 1.54) is 29.9 Å². The molecule has 0 spiro atoms. The maximum Gasteiger partial charge on any atom is 0.338 e. The monoisotopic (exact) mass is 449 g/mol. The van der Waals surface area contributed by atoms with Gasteiger partial charge in [-0.15, -0.1) is 0 Å². The van der Waals surface area contributed by atoms with E-state index in [2.05, 4.69) is 9.98 Å². The second-order valence-electron chi connectivity index (χ2n) is 7.02. The van der Waals surface area contributed by atoms with Crippen LogP contribution in [0.25, 0.3) is 6.08 Å². The Kier molecular flexibility index (Phi) is 5.83. The number of ether oxygens (including phenoxy) is 2. The Bertz CT molecular complexity index is 1400. The van der Waals surface area contributed by atoms with Crippen LogP contribution in [0.15, 0.2) is 69.8 Å². The average Bonchev–Trinajstić information content (AvgIpc) is 3.07. The van der Waals surface area contributed by atoms with E-state index in [0.29, 0.717) is 26.3 Å². The van der Waals surface area contributed by atoms with Crippen molar-refractivity contribution < 1.29 is 19.1 Å². The molecule has 1 aliphatic rings. The van der Waals surface area contributed by atoms with Crippen molar-refractivity contribution in [2.45, 2.75) is 19.9 Å². The molecule has 0 N–H and O–H groups in total. The number of carbonyl (C=O) groups excluding carboxylic acids is 2. The summed E-state index contributed by atoms with van der Waals surface area (Å²) in [5.74, 6) is -0.639. The van der Waals surface area contributed by atoms with Gasteiger partial charge in [-0.1, -0.05) is 29.5 Å². The summed E-state index contributed by atoms with van der Waals surface area (Å²) in [4.78, 5) is 46.3. The second-order valence-corrected chi connectivity index (χ2v) is 8.03. The molecule has 1 atom stereocenters. The Morgan fingerprint density at radius 1 is 1.19 bits per heavy atom. The fourth-order valence-electron chi connectivity index (χ4n) is 3.50. The summed E-state index contributed by atoms with van der Waals surface area (Å²) < 4.78 is 12.1. The lowest BCUT2D eigenvalue weighted by atomic mass is 9.96. The van der Waals surface area contributed by atoms with E-state index in [-0.39, 0.29) is 11.1 Å². The fraction of sp³-hybridized carbons (Fsp3) is 0.174. The molecule has 2 aromatic heterocycles. The van der Waals surface area contributed by atoms with Gasteiger partial charge in [-0.2, -0.15) is 0 Å². The molecule has 9 heteroatoms. The smallest absolute Gasteiger partial charge is 0.338 e. The predicted molar refractivity (Wildman–Crippen MR) is 118 cm³/mol. The quantitative estimate of drug-likeness (QED) is 0.444. The van der Waals surface area contributed by atoms with E-state index in [4.69, 9.17) is 9.47 Å². The van der Waals surface area contributed by atoms with Crippen LogP contribution in [0.2, 0.25) is 0 Å². The summed E-state index contributed by atoms with van der Waals surface area (Å²) in [6.07, 6.45) is 5.06. The molecule has 0 radical (unpaired) electrons. The molecular weight excluding hydrogens is 430 g/mol. The highest BCUT2D eigenvalue weighted by molar-refractivity contribution is 7.07. The molecule has 0 aliphatic carbocycles. The van der Waals surface area contributed by atoms with Gasteiger partial charge in [0, 0.05) is 19.3 Å². The number of thiazole rings is 1. The van der Waals surface area contributed by atoms with Crippen molar-refractivity contribution >= 4 is 29.4 Å². The van der Waals surface area contributed by atoms with Crippen LogP contribution in [-0.2, 0) is 14.3 Å². The minimum Gasteiger partial charge on any atom is -0.466 e. The molecular formula is C23H19N3O5S. The lowest BCUT2D eigenvalue weighted by Crippen LogP contribution is -2.39. The lowest BCUT2D eigenvalue weighted by molar-refractivity contribution is -0.136. The number of fused-ring (bicyclic) bond motifs is 1. The second kappa shape index (κ2) is 8.72. The highest BCUT2D eigenvalue weighted by atomic mass is 32.1. The zero-order valence-electron chi connectivity index (χ0n) is 17.6. The molecule has 1 aliphatic heterocycles. The third kappa shape index (κ3) is 4.02. The Hall–Kier alpha value is -3.85. The fourth-order valence-corrected chi connectivity index (χ4v) is 4.55. The molecule has 0 saturated carbocycles. The Labute approximate surface area is 186 Å². The van der Waals surface area contributed by atoms with Gasteiger partial charge in [0.15, 0.2) is 4.80 Å². The number of nitrogens with zero attached hydrogens (tertiary/aromatic N) is 3. The zero-order valence-corrected chi connectivity index (χ0v) is 18.4. The molecule has 1 aromatic carbocycles. The first-order valence-corrected chi connectivity index (χ1v) is 10.5. The maximum absolute atomic E-state index is 13.4. The van der Waals surface area contributed by atoms with E-state index in [9.17, 15) is 14.4 Å². The standard InChI is InChI=1S/C23H19N3O5S/c1-13-19(22(29)30-3)20(16-6-8-17(9-7-16)31-14(2)27)26-21(28)18(32-23(26)25-13)11-15-5-4-10-24-12-15/h4-12,20H,1-3H3/t20-/m1/s1. The van der Waals surface area contributed by atoms with Crippen LogP contribution in [0.4, 0.5) is 0 Å². The van der Waals surface area contributed by atoms with Crippen LogP contribution in [-0.4, -0.2) is 28.6 Å². The van der Waals surface area contributed by atoms with Crippen LogP contribution < -0.4 is 19.6 Å². The maximum atomic E-state index is 13.4. The van der Waals surface area contributed by atoms with Crippen molar-refractivity contribution in [1.82, 2.24) is 9.55 Å². The number of allylic oxidation sites excluding steroid dienone is 1. The molecule has 0 bridgehead atoms. The van der Waals surface area contributed by atoms with Crippen molar-refractivity contribution in [1.29, 1.82) is 0 Å². The third-order valence-electron chi connectivity index (χ3n) is 4.87. The molecule has 0 amide bonds. The van der Waals surface area contributed by atoms with Gasteiger partial charge in [-0.3, -0.25) is 19.1 Å². The van der Waals surface area contributed by atoms with Crippen LogP contribution in [0.1, 0.15) is 31.0 Å². The summed E-state index contributed by atoms with van der Waals surface area (Å²) in [6.45, 7) is 3.03. The molecule has 32 heavy (non-hydrogen) atoms. The van der Waals surface area contributed by atoms with Crippen LogP contribution in [0, 0.1) is 0 Å². The van der Waals surface area contributed by atoms with Gasteiger partial charge in [-0.25, -0.2) is 9.79 Å². The van der Waals surface area contributed by atoms with E-state index in [1.807, 2.05) is 6.07 Å². The van der Waals surface area contributed by atoms with E-state index < -0.39 is 18.0 Å². The number of aromatic nitrogens is 2. The summed E-state index contributed by atoms with van der Waals surface area (Å²) in [5.41, 5.74) is 1.90. The van der Waals surface area contributed by atoms with Gasteiger partial charge in [0.05, 0.1) is 29.0 Å². The van der Waals surface area contributed by atoms with Crippen LogP contribution in [0.5, 0.6) is 5.75 Å². The first kappa shape index (κ1) is 21.4. The SMILES string of the molecule is COC(=O)C1=C(C)N=c2sc(=Cc3cccnc3)c(=O)n2[C@@H]1c1ccc(OC(C)=O)cc1. The van der Waals surface area contributed by atoms with Crippen LogP contribution in [0.3, 0.4) is 0 Å². The summed E-state index contributed by atoms with van der Waals surface area (Å²) >= 11 is 1.24. The van der Waals surface area contributed by atoms with E-state index in [1.54, 1.807) is 55.7 Å². The lowest BCUT2D eigenvalue weighted by Gasteiger charge is -2.24. The first-order valence-electron chi connectivity index (χ1n) is 9.68. The van der Waals surface area contributed by atoms with Gasteiger partial charge >= 0.3 is 11.9 Å². The van der Waals surface area contributed by atoms with Crippen molar-refractivity contribution in [3.05, 3.63) is 90.9 Å². The van der Waals surface area contributed by atoms with E-state index in [0.717, 1.165) is 5.56 Å². The molecule has 3 aromatic rings. The Morgan fingerprint density at radius 3 is 2.56 bits per heavy atom. The number of hydrogen-bond acceptors (Lipinski definition) is 8. The summed E-state index contributed by atoms with van der Waals surface area (Å²) in [6, 6.07) is 9.56. The number of esters is 2. The number of carbonyl (C=O) groups is 2. The Morgan fingerprint density at radius 2 is 1.94 bits per heavy atom. The van der Waals surface area contributed by atoms with Crippen molar-refractivity contribution in [3.8, 4) is 5.75 Å². The zero-order chi connectivity index (χ0) is 22.8. The Balaban J connectivity index is 1.91. The van der Waals surface area contributed by atoms with Gasteiger partial charge in [0.2, 0.25) is 0 Å². The topological polar surface area (TPSA) is 99.9 Å². The summed E-state index contributed by atoms with van der Waals surface area (Å²) in [5, 5.41) is 0. The highest BCUT2D eigenvalue weighted by Crippen LogP contribution is 2.31. The van der Waals surface area contributed by atoms with Gasteiger partial charge in [0.1, 0.15) is 5.75 Å². The number of pyridine rings is 1. The van der Waals surface area contributed by atoms with Crippen molar-refractivity contribution in [3.63, 3.8) is 0 Å².